The van der Waals surface area contributed by atoms with Crippen molar-refractivity contribution < 1.29 is 4.79 Å². The number of pyridine rings is 1. The highest BCUT2D eigenvalue weighted by Crippen LogP contribution is 2.19. The van der Waals surface area contributed by atoms with Crippen LogP contribution in [0.1, 0.15) is 16.2 Å². The number of piperazine rings is 1. The van der Waals surface area contributed by atoms with E-state index < -0.39 is 0 Å². The zero-order chi connectivity index (χ0) is 17.4. The molecule has 8 heteroatoms. The van der Waals surface area contributed by atoms with Gasteiger partial charge in [0.2, 0.25) is 5.95 Å². The van der Waals surface area contributed by atoms with Gasteiger partial charge in [0.25, 0.3) is 5.91 Å². The molecule has 0 aliphatic carbocycles. The summed E-state index contributed by atoms with van der Waals surface area (Å²) in [6.45, 7) is 4.51. The van der Waals surface area contributed by atoms with E-state index in [1.807, 2.05) is 11.8 Å². The first-order valence-electron chi connectivity index (χ1n) is 8.09. The van der Waals surface area contributed by atoms with E-state index in [9.17, 15) is 4.79 Å². The molecule has 1 saturated heterocycles. The van der Waals surface area contributed by atoms with Gasteiger partial charge >= 0.3 is 0 Å². The van der Waals surface area contributed by atoms with E-state index >= 15 is 0 Å². The number of hydrogen-bond acceptors (Lipinski definition) is 5. The number of rotatable bonds is 2. The van der Waals surface area contributed by atoms with E-state index in [4.69, 9.17) is 11.6 Å². The molecule has 0 bridgehead atoms. The second kappa shape index (κ2) is 6.33. The quantitative estimate of drug-likeness (QED) is 0.703. The Labute approximate surface area is 149 Å². The molecule has 0 aromatic carbocycles. The lowest BCUT2D eigenvalue weighted by atomic mass is 10.2. The van der Waals surface area contributed by atoms with Gasteiger partial charge in [0, 0.05) is 55.9 Å². The number of fused-ring (bicyclic) bond motifs is 1. The van der Waals surface area contributed by atoms with E-state index in [0.717, 1.165) is 0 Å². The van der Waals surface area contributed by atoms with Crippen molar-refractivity contribution >= 4 is 29.1 Å². The number of carbonyl (C=O) groups excluding carboxylic acids is 1. The largest absolute Gasteiger partial charge is 0.337 e. The summed E-state index contributed by atoms with van der Waals surface area (Å²) < 4.78 is 1.80. The third-order valence-electron chi connectivity index (χ3n) is 4.37. The third kappa shape index (κ3) is 2.91. The molecule has 0 spiro atoms. The summed E-state index contributed by atoms with van der Waals surface area (Å²) >= 11 is 6.02. The van der Waals surface area contributed by atoms with Crippen molar-refractivity contribution in [3.05, 3.63) is 53.2 Å². The van der Waals surface area contributed by atoms with E-state index in [1.165, 1.54) is 0 Å². The lowest BCUT2D eigenvalue weighted by molar-refractivity contribution is 0.0738. The molecule has 1 aliphatic heterocycles. The van der Waals surface area contributed by atoms with Gasteiger partial charge in [0.05, 0.1) is 5.69 Å². The van der Waals surface area contributed by atoms with Crippen LogP contribution in [-0.2, 0) is 0 Å². The van der Waals surface area contributed by atoms with Crippen molar-refractivity contribution in [1.29, 1.82) is 0 Å². The Bertz CT molecular complexity index is 918. The smallest absolute Gasteiger partial charge is 0.272 e. The van der Waals surface area contributed by atoms with Crippen LogP contribution in [0.2, 0.25) is 5.02 Å². The van der Waals surface area contributed by atoms with E-state index in [-0.39, 0.29) is 5.91 Å². The van der Waals surface area contributed by atoms with Gasteiger partial charge in [-0.2, -0.15) is 0 Å². The Kier molecular flexibility index (Phi) is 4.01. The fourth-order valence-electron chi connectivity index (χ4n) is 3.11. The molecule has 0 N–H and O–H groups in total. The first-order valence-corrected chi connectivity index (χ1v) is 8.47. The van der Waals surface area contributed by atoms with Crippen LogP contribution in [0.5, 0.6) is 0 Å². The topological polar surface area (TPSA) is 66.6 Å². The number of aryl methyl sites for hydroxylation is 1. The molecular weight excluding hydrogens is 340 g/mol. The molecule has 0 saturated carbocycles. The zero-order valence-corrected chi connectivity index (χ0v) is 14.5. The first-order chi connectivity index (χ1) is 12.1. The number of halogens is 1. The Morgan fingerprint density at radius 3 is 2.60 bits per heavy atom. The summed E-state index contributed by atoms with van der Waals surface area (Å²) in [5.41, 5.74) is 1.99. The van der Waals surface area contributed by atoms with Gasteiger partial charge < -0.3 is 9.80 Å². The predicted molar refractivity (Wildman–Crippen MR) is 95.1 cm³/mol. The SMILES string of the molecule is Cc1nc2cc(Cl)ccn2c1C(=O)N1CCN(c2ncccn2)CC1. The van der Waals surface area contributed by atoms with Crippen LogP contribution < -0.4 is 4.90 Å². The van der Waals surface area contributed by atoms with Crippen molar-refractivity contribution in [1.82, 2.24) is 24.3 Å². The molecule has 4 rings (SSSR count). The van der Waals surface area contributed by atoms with Crippen LogP contribution in [0.15, 0.2) is 36.8 Å². The summed E-state index contributed by atoms with van der Waals surface area (Å²) in [6, 6.07) is 5.32. The highest BCUT2D eigenvalue weighted by atomic mass is 35.5. The van der Waals surface area contributed by atoms with Crippen LogP contribution in [0, 0.1) is 6.92 Å². The second-order valence-electron chi connectivity index (χ2n) is 5.95. The number of aromatic nitrogens is 4. The molecule has 0 unspecified atom stereocenters. The third-order valence-corrected chi connectivity index (χ3v) is 4.60. The van der Waals surface area contributed by atoms with E-state index in [1.54, 1.807) is 41.2 Å². The minimum atomic E-state index is -0.0130. The van der Waals surface area contributed by atoms with Crippen molar-refractivity contribution in [2.45, 2.75) is 6.92 Å². The van der Waals surface area contributed by atoms with Crippen LogP contribution in [0.3, 0.4) is 0 Å². The molecule has 7 nitrogen and oxygen atoms in total. The second-order valence-corrected chi connectivity index (χ2v) is 6.38. The number of carbonyl (C=O) groups is 1. The molecule has 25 heavy (non-hydrogen) atoms. The summed E-state index contributed by atoms with van der Waals surface area (Å²) in [5, 5.41) is 0.605. The van der Waals surface area contributed by atoms with E-state index in [0.29, 0.717) is 54.2 Å². The molecular formula is C17H17ClN6O. The van der Waals surface area contributed by atoms with Crippen LogP contribution in [-0.4, -0.2) is 56.3 Å². The van der Waals surface area contributed by atoms with E-state index in [2.05, 4.69) is 19.9 Å². The molecule has 4 heterocycles. The average molecular weight is 357 g/mol. The average Bonchev–Trinajstić information content (AvgIpc) is 2.97. The predicted octanol–water partition coefficient (Wildman–Crippen LogP) is 2.05. The Morgan fingerprint density at radius 2 is 1.88 bits per heavy atom. The molecule has 0 atom stereocenters. The summed E-state index contributed by atoms with van der Waals surface area (Å²) in [6.07, 6.45) is 5.25. The molecule has 3 aromatic rings. The minimum Gasteiger partial charge on any atom is -0.337 e. The number of amides is 1. The number of anilines is 1. The van der Waals surface area contributed by atoms with Crippen molar-refractivity contribution in [3.8, 4) is 0 Å². The normalized spacial score (nSPS) is 15.0. The molecule has 0 radical (unpaired) electrons. The van der Waals surface area contributed by atoms with Gasteiger partial charge in [-0.15, -0.1) is 0 Å². The van der Waals surface area contributed by atoms with Gasteiger partial charge in [0.1, 0.15) is 11.3 Å². The van der Waals surface area contributed by atoms with Crippen molar-refractivity contribution in [3.63, 3.8) is 0 Å². The monoisotopic (exact) mass is 356 g/mol. The minimum absolute atomic E-state index is 0.0130. The molecule has 128 valence electrons. The molecule has 1 aliphatic rings. The van der Waals surface area contributed by atoms with Gasteiger partial charge in [-0.1, -0.05) is 11.6 Å². The van der Waals surface area contributed by atoms with Gasteiger partial charge in [-0.25, -0.2) is 15.0 Å². The highest BCUT2D eigenvalue weighted by molar-refractivity contribution is 6.30. The van der Waals surface area contributed by atoms with Gasteiger partial charge in [-0.05, 0) is 19.1 Å². The van der Waals surface area contributed by atoms with Crippen LogP contribution >= 0.6 is 11.6 Å². The fraction of sp³-hybridized carbons (Fsp3) is 0.294. The first kappa shape index (κ1) is 15.8. The fourth-order valence-corrected chi connectivity index (χ4v) is 3.26. The maximum absolute atomic E-state index is 13.0. The zero-order valence-electron chi connectivity index (χ0n) is 13.8. The van der Waals surface area contributed by atoms with Crippen LogP contribution in [0.25, 0.3) is 5.65 Å². The van der Waals surface area contributed by atoms with Crippen molar-refractivity contribution in [2.75, 3.05) is 31.1 Å². The molecule has 1 fully saturated rings. The number of hydrogen-bond donors (Lipinski definition) is 0. The Balaban J connectivity index is 1.54. The lowest BCUT2D eigenvalue weighted by Crippen LogP contribution is -2.49. The Morgan fingerprint density at radius 1 is 1.16 bits per heavy atom. The molecule has 3 aromatic heterocycles. The van der Waals surface area contributed by atoms with Gasteiger partial charge in [-0.3, -0.25) is 9.20 Å². The molecule has 1 amide bonds. The maximum Gasteiger partial charge on any atom is 0.272 e. The lowest BCUT2D eigenvalue weighted by Gasteiger charge is -2.34. The van der Waals surface area contributed by atoms with Crippen LogP contribution in [0.4, 0.5) is 5.95 Å². The summed E-state index contributed by atoms with van der Waals surface area (Å²) in [5.74, 6) is 0.691. The number of nitrogens with zero attached hydrogens (tertiary/aromatic N) is 6. The van der Waals surface area contributed by atoms with Crippen molar-refractivity contribution in [2.24, 2.45) is 0 Å². The number of imidazole rings is 1. The summed E-state index contributed by atoms with van der Waals surface area (Å²) in [7, 11) is 0. The highest BCUT2D eigenvalue weighted by Gasteiger charge is 2.26. The van der Waals surface area contributed by atoms with Gasteiger partial charge in [0.15, 0.2) is 0 Å². The summed E-state index contributed by atoms with van der Waals surface area (Å²) in [4.78, 5) is 29.9. The standard InChI is InChI=1S/C17H17ClN6O/c1-12-15(24-6-3-13(18)11-14(24)21-12)16(25)22-7-9-23(10-8-22)17-19-4-2-5-20-17/h2-6,11H,7-10H2,1H3. The maximum atomic E-state index is 13.0. The Hall–Kier alpha value is -2.67.